The number of ether oxygens (including phenoxy) is 2. The molecule has 3 aromatic rings. The second kappa shape index (κ2) is 12.5. The van der Waals surface area contributed by atoms with E-state index in [1.54, 1.807) is 18.0 Å². The first-order valence-corrected chi connectivity index (χ1v) is 12.3. The van der Waals surface area contributed by atoms with Gasteiger partial charge >= 0.3 is 0 Å². The van der Waals surface area contributed by atoms with Gasteiger partial charge in [0, 0.05) is 42.4 Å². The van der Waals surface area contributed by atoms with Crippen molar-refractivity contribution in [3.63, 3.8) is 0 Å². The van der Waals surface area contributed by atoms with Crippen LogP contribution in [0.5, 0.6) is 0 Å². The van der Waals surface area contributed by atoms with Crippen molar-refractivity contribution < 1.29 is 23.5 Å². The number of rotatable bonds is 8. The lowest BCUT2D eigenvalue weighted by Gasteiger charge is -2.21. The highest BCUT2D eigenvalue weighted by Gasteiger charge is 2.21. The zero-order valence-corrected chi connectivity index (χ0v) is 21.7. The summed E-state index contributed by atoms with van der Waals surface area (Å²) < 4.78 is 25.8. The van der Waals surface area contributed by atoms with Gasteiger partial charge in [-0.1, -0.05) is 23.6 Å². The Balaban J connectivity index is 1.45. The number of amides is 2. The third-order valence-electron chi connectivity index (χ3n) is 5.91. The Bertz CT molecular complexity index is 1430. The van der Waals surface area contributed by atoms with Gasteiger partial charge in [0.25, 0.3) is 11.8 Å². The predicted molar refractivity (Wildman–Crippen MR) is 146 cm³/mol. The Labute approximate surface area is 229 Å². The van der Waals surface area contributed by atoms with Crippen LogP contribution < -0.4 is 10.6 Å². The van der Waals surface area contributed by atoms with E-state index in [0.717, 1.165) is 6.07 Å². The summed E-state index contributed by atoms with van der Waals surface area (Å²) in [5.41, 5.74) is 0.764. The molecule has 0 aliphatic carbocycles. The fourth-order valence-corrected chi connectivity index (χ4v) is 3.96. The number of pyridine rings is 1. The van der Waals surface area contributed by atoms with E-state index in [9.17, 15) is 14.0 Å². The number of amidine groups is 1. The van der Waals surface area contributed by atoms with Crippen LogP contribution in [0.25, 0.3) is 0 Å². The van der Waals surface area contributed by atoms with Crippen LogP contribution in [0.2, 0.25) is 5.02 Å². The Kier molecular flexibility index (Phi) is 8.88. The molecule has 0 unspecified atom stereocenters. The van der Waals surface area contributed by atoms with E-state index in [1.807, 2.05) is 0 Å². The largest absolute Gasteiger partial charge is 0.359 e. The van der Waals surface area contributed by atoms with Gasteiger partial charge in [0.05, 0.1) is 30.0 Å². The Morgan fingerprint density at radius 1 is 1.13 bits per heavy atom. The molecule has 2 heterocycles. The van der Waals surface area contributed by atoms with Gasteiger partial charge in [-0.15, -0.1) is 6.42 Å². The summed E-state index contributed by atoms with van der Waals surface area (Å²) in [5, 5.41) is 13.8. The summed E-state index contributed by atoms with van der Waals surface area (Å²) in [6.45, 7) is 1.56. The maximum absolute atomic E-state index is 15.0. The molecule has 1 aliphatic heterocycles. The molecule has 4 rings (SSSR count). The number of nitrogens with zero attached hydrogens (tertiary/aromatic N) is 2. The smallest absolute Gasteiger partial charge is 0.258 e. The van der Waals surface area contributed by atoms with Gasteiger partial charge in [0.1, 0.15) is 17.5 Å². The first kappa shape index (κ1) is 27.7. The van der Waals surface area contributed by atoms with E-state index in [0.29, 0.717) is 37.3 Å². The topological polar surface area (TPSA) is 117 Å². The second-order valence-corrected chi connectivity index (χ2v) is 9.04. The van der Waals surface area contributed by atoms with Crippen LogP contribution in [-0.2, 0) is 9.47 Å². The average molecular weight is 550 g/mol. The number of aromatic nitrogens is 1. The van der Waals surface area contributed by atoms with E-state index >= 15 is 0 Å². The maximum atomic E-state index is 15.0. The molecule has 0 bridgehead atoms. The Hall–Kier alpha value is -4.30. The first-order valence-electron chi connectivity index (χ1n) is 11.9. The molecule has 1 saturated heterocycles. The van der Waals surface area contributed by atoms with Crippen molar-refractivity contribution in [1.29, 1.82) is 5.41 Å². The minimum Gasteiger partial charge on any atom is -0.359 e. The number of nitrogens with one attached hydrogen (secondary N) is 3. The van der Waals surface area contributed by atoms with Crippen molar-refractivity contribution in [3.8, 4) is 12.3 Å². The molecule has 200 valence electrons. The van der Waals surface area contributed by atoms with Gasteiger partial charge in [0.2, 0.25) is 0 Å². The van der Waals surface area contributed by atoms with Crippen LogP contribution in [0, 0.1) is 23.6 Å². The molecule has 1 aliphatic rings. The van der Waals surface area contributed by atoms with Crippen molar-refractivity contribution in [2.45, 2.75) is 12.7 Å². The lowest BCUT2D eigenvalue weighted by atomic mass is 10.1. The van der Waals surface area contributed by atoms with Crippen LogP contribution in [0.4, 0.5) is 15.9 Å². The van der Waals surface area contributed by atoms with E-state index in [4.69, 9.17) is 32.9 Å². The highest BCUT2D eigenvalue weighted by Crippen LogP contribution is 2.23. The molecule has 1 aromatic heterocycles. The molecule has 0 radical (unpaired) electrons. The number of benzene rings is 2. The fraction of sp³-hybridized carbons (Fsp3) is 0.214. The van der Waals surface area contributed by atoms with E-state index in [1.165, 1.54) is 42.6 Å². The van der Waals surface area contributed by atoms with E-state index < -0.39 is 17.6 Å². The molecule has 1 fully saturated rings. The van der Waals surface area contributed by atoms with Gasteiger partial charge in [-0.25, -0.2) is 9.37 Å². The Morgan fingerprint density at radius 2 is 1.87 bits per heavy atom. The molecular formula is C28H25ClFN5O4. The van der Waals surface area contributed by atoms with Crippen LogP contribution in [-0.4, -0.2) is 60.6 Å². The quantitative estimate of drug-likeness (QED) is 0.218. The highest BCUT2D eigenvalue weighted by atomic mass is 35.5. The van der Waals surface area contributed by atoms with Crippen LogP contribution >= 0.6 is 11.6 Å². The molecule has 2 aromatic carbocycles. The third-order valence-corrected chi connectivity index (χ3v) is 6.14. The fourth-order valence-electron chi connectivity index (χ4n) is 3.79. The normalized spacial score (nSPS) is 13.0. The Morgan fingerprint density at radius 3 is 2.54 bits per heavy atom. The predicted octanol–water partition coefficient (Wildman–Crippen LogP) is 4.38. The monoisotopic (exact) mass is 549 g/mol. The number of carbonyl (C=O) groups excluding carboxylic acids is 2. The molecule has 0 atom stereocenters. The minimum absolute atomic E-state index is 0.0503. The molecule has 9 nitrogen and oxygen atoms in total. The third kappa shape index (κ3) is 6.97. The van der Waals surface area contributed by atoms with Crippen LogP contribution in [0.3, 0.4) is 0 Å². The van der Waals surface area contributed by atoms with Crippen molar-refractivity contribution in [3.05, 3.63) is 87.8 Å². The summed E-state index contributed by atoms with van der Waals surface area (Å²) >= 11 is 6.09. The van der Waals surface area contributed by atoms with Gasteiger partial charge < -0.3 is 25.0 Å². The molecule has 39 heavy (non-hydrogen) atoms. The number of terminal acetylenes is 1. The molecule has 2 amide bonds. The standard InChI is InChI=1S/C28H25ClFN5O4/c1-3-17-4-9-24(32-16-17)34-28(37)21-15-19(29)6-8-23(21)33-27(36)20-7-5-18(14-22(20)30)26(31)35(2)11-10-25-38-12-13-39-25/h1,4-9,14-16,25,31H,10-13H2,2H3,(H,33,36)(H,32,34,37). The van der Waals surface area contributed by atoms with Crippen molar-refractivity contribution >= 4 is 40.8 Å². The zero-order valence-electron chi connectivity index (χ0n) is 21.0. The lowest BCUT2D eigenvalue weighted by molar-refractivity contribution is -0.0484. The molecular weight excluding hydrogens is 525 g/mol. The van der Waals surface area contributed by atoms with Crippen molar-refractivity contribution in [1.82, 2.24) is 9.88 Å². The number of halogens is 2. The summed E-state index contributed by atoms with van der Waals surface area (Å²) in [4.78, 5) is 31.6. The van der Waals surface area contributed by atoms with Crippen molar-refractivity contribution in [2.24, 2.45) is 0 Å². The second-order valence-electron chi connectivity index (χ2n) is 8.60. The van der Waals surface area contributed by atoms with Crippen LogP contribution in [0.15, 0.2) is 54.7 Å². The summed E-state index contributed by atoms with van der Waals surface area (Å²) in [5.74, 6) is 0.581. The van der Waals surface area contributed by atoms with Crippen LogP contribution in [0.1, 0.15) is 38.3 Å². The maximum Gasteiger partial charge on any atom is 0.258 e. The number of hydrogen-bond donors (Lipinski definition) is 3. The summed E-state index contributed by atoms with van der Waals surface area (Å²) in [6.07, 6.45) is 7.00. The average Bonchev–Trinajstić information content (AvgIpc) is 3.46. The molecule has 0 spiro atoms. The van der Waals surface area contributed by atoms with Gasteiger partial charge in [-0.2, -0.15) is 0 Å². The number of carbonyl (C=O) groups is 2. The van der Waals surface area contributed by atoms with Gasteiger partial charge in [0.15, 0.2) is 6.29 Å². The zero-order chi connectivity index (χ0) is 27.9. The number of hydrogen-bond acceptors (Lipinski definition) is 6. The number of anilines is 2. The minimum atomic E-state index is -0.816. The molecule has 0 saturated carbocycles. The van der Waals surface area contributed by atoms with Crippen molar-refractivity contribution in [2.75, 3.05) is 37.4 Å². The SMILES string of the molecule is C#Cc1ccc(NC(=O)c2cc(Cl)ccc2NC(=O)c2ccc(C(=N)N(C)CCC3OCCO3)cc2F)nc1. The summed E-state index contributed by atoms with van der Waals surface area (Å²) in [7, 11) is 1.71. The summed E-state index contributed by atoms with van der Waals surface area (Å²) in [6, 6.07) is 11.4. The molecule has 11 heteroatoms. The van der Waals surface area contributed by atoms with Gasteiger partial charge in [-0.3, -0.25) is 15.0 Å². The lowest BCUT2D eigenvalue weighted by Crippen LogP contribution is -2.30. The first-order chi connectivity index (χ1) is 18.7. The highest BCUT2D eigenvalue weighted by molar-refractivity contribution is 6.31. The molecule has 3 N–H and O–H groups in total. The van der Waals surface area contributed by atoms with Gasteiger partial charge in [-0.05, 0) is 42.5 Å². The van der Waals surface area contributed by atoms with E-state index in [2.05, 4.69) is 21.5 Å². The van der Waals surface area contributed by atoms with E-state index in [-0.39, 0.29) is 39.8 Å².